The Labute approximate surface area is 95.0 Å². The zero-order chi connectivity index (χ0) is 13.1. The van der Waals surface area contributed by atoms with Gasteiger partial charge in [0.1, 0.15) is 0 Å². The van der Waals surface area contributed by atoms with E-state index in [1.807, 2.05) is 0 Å². The summed E-state index contributed by atoms with van der Waals surface area (Å²) in [5.74, 6) is -1.27. The van der Waals surface area contributed by atoms with Gasteiger partial charge in [-0.15, -0.1) is 0 Å². The number of aliphatic hydroxyl groups excluding tert-OH is 1. The molecule has 16 heavy (non-hydrogen) atoms. The van der Waals surface area contributed by atoms with Crippen molar-refractivity contribution in [2.75, 3.05) is 0 Å². The van der Waals surface area contributed by atoms with E-state index < -0.39 is 36.8 Å². The van der Waals surface area contributed by atoms with Crippen molar-refractivity contribution in [1.82, 2.24) is 0 Å². The van der Waals surface area contributed by atoms with E-state index in [0.29, 0.717) is 6.42 Å². The van der Waals surface area contributed by atoms with Gasteiger partial charge >= 0.3 is 0 Å². The van der Waals surface area contributed by atoms with Crippen LogP contribution < -0.4 is 0 Å². The first-order valence-corrected chi connectivity index (χ1v) is 7.63. The Morgan fingerprint density at radius 1 is 1.06 bits per heavy atom. The van der Waals surface area contributed by atoms with E-state index >= 15 is 0 Å². The molecule has 3 unspecified atom stereocenters. The Bertz CT molecular complexity index is 372. The van der Waals surface area contributed by atoms with E-state index in [1.54, 1.807) is 6.92 Å². The van der Waals surface area contributed by atoms with Crippen molar-refractivity contribution in [3.05, 3.63) is 0 Å². The van der Waals surface area contributed by atoms with Crippen molar-refractivity contribution < 1.29 is 31.0 Å². The smallest absolute Gasteiger partial charge is 0.292 e. The summed E-state index contributed by atoms with van der Waals surface area (Å²) in [6.07, 6.45) is 0.443. The standard InChI is InChI=1S/C7H16O7S2/c1-3-4-6(5(2)15(9,10)11)7(8)16(12,13)14/h5-8H,3-4H2,1-2H3,(H,9,10,11)(H,12,13,14). The maximum absolute atomic E-state index is 10.8. The molecule has 0 radical (unpaired) electrons. The molecule has 0 aromatic carbocycles. The van der Waals surface area contributed by atoms with Gasteiger partial charge in [-0.2, -0.15) is 16.8 Å². The minimum Gasteiger partial charge on any atom is -0.375 e. The third kappa shape index (κ3) is 4.34. The molecule has 0 bridgehead atoms. The van der Waals surface area contributed by atoms with Gasteiger partial charge in [-0.1, -0.05) is 13.3 Å². The number of hydrogen-bond donors (Lipinski definition) is 3. The van der Waals surface area contributed by atoms with Crippen LogP contribution in [0.15, 0.2) is 0 Å². The Morgan fingerprint density at radius 3 is 1.75 bits per heavy atom. The molecule has 0 rings (SSSR count). The number of hydrogen-bond acceptors (Lipinski definition) is 5. The van der Waals surface area contributed by atoms with Crippen LogP contribution in [-0.4, -0.2) is 41.7 Å². The van der Waals surface area contributed by atoms with Crippen LogP contribution >= 0.6 is 0 Å². The first-order valence-electron chi connectivity index (χ1n) is 4.62. The minimum atomic E-state index is -4.75. The average molecular weight is 276 g/mol. The molecule has 0 heterocycles. The molecule has 0 aliphatic carbocycles. The lowest BCUT2D eigenvalue weighted by atomic mass is 10.0. The highest BCUT2D eigenvalue weighted by Gasteiger charge is 2.38. The summed E-state index contributed by atoms with van der Waals surface area (Å²) >= 11 is 0. The molecule has 0 aliphatic rings. The van der Waals surface area contributed by atoms with Crippen LogP contribution in [0.25, 0.3) is 0 Å². The summed E-state index contributed by atoms with van der Waals surface area (Å²) in [6.45, 7) is 2.73. The lowest BCUT2D eigenvalue weighted by Crippen LogP contribution is -2.39. The predicted molar refractivity (Wildman–Crippen MR) is 57.0 cm³/mol. The molecule has 98 valence electrons. The van der Waals surface area contributed by atoms with Gasteiger partial charge in [0.05, 0.1) is 5.25 Å². The van der Waals surface area contributed by atoms with Crippen molar-refractivity contribution in [3.8, 4) is 0 Å². The Hall–Kier alpha value is -0.220. The molecule has 0 spiro atoms. The quantitative estimate of drug-likeness (QED) is 0.577. The summed E-state index contributed by atoms with van der Waals surface area (Å²) in [7, 11) is -9.21. The third-order valence-electron chi connectivity index (χ3n) is 2.37. The topological polar surface area (TPSA) is 129 Å². The fourth-order valence-corrected chi connectivity index (χ4v) is 3.02. The third-order valence-corrected chi connectivity index (χ3v) is 4.62. The maximum Gasteiger partial charge on any atom is 0.292 e. The van der Waals surface area contributed by atoms with Crippen molar-refractivity contribution in [2.24, 2.45) is 5.92 Å². The molecule has 7 nitrogen and oxygen atoms in total. The SMILES string of the molecule is CCCC(C(C)S(=O)(=O)O)C(O)S(=O)(=O)O. The summed E-state index contributed by atoms with van der Waals surface area (Å²) in [5.41, 5.74) is -2.22. The van der Waals surface area contributed by atoms with Crippen molar-refractivity contribution in [2.45, 2.75) is 37.4 Å². The monoisotopic (exact) mass is 276 g/mol. The highest BCUT2D eigenvalue weighted by Crippen LogP contribution is 2.23. The van der Waals surface area contributed by atoms with Crippen molar-refractivity contribution >= 4 is 20.2 Å². The summed E-state index contributed by atoms with van der Waals surface area (Å²) in [4.78, 5) is 0. The highest BCUT2D eigenvalue weighted by atomic mass is 32.2. The molecular weight excluding hydrogens is 260 g/mol. The molecule has 9 heteroatoms. The van der Waals surface area contributed by atoms with Gasteiger partial charge in [0.15, 0.2) is 5.44 Å². The van der Waals surface area contributed by atoms with Crippen LogP contribution in [0, 0.1) is 5.92 Å². The Balaban J connectivity index is 5.18. The molecule has 0 aromatic rings. The first-order chi connectivity index (χ1) is 7.01. The van der Waals surface area contributed by atoms with E-state index in [1.165, 1.54) is 0 Å². The summed E-state index contributed by atoms with van der Waals surface area (Å²) < 4.78 is 60.5. The Kier molecular flexibility index (Phi) is 5.33. The minimum absolute atomic E-state index is 0.0436. The molecule has 0 aliphatic heterocycles. The molecule has 0 saturated heterocycles. The van der Waals surface area contributed by atoms with E-state index in [0.717, 1.165) is 6.92 Å². The van der Waals surface area contributed by atoms with Gasteiger partial charge in [0.25, 0.3) is 20.2 Å². The van der Waals surface area contributed by atoms with Crippen LogP contribution in [0.2, 0.25) is 0 Å². The van der Waals surface area contributed by atoms with Gasteiger partial charge in [0, 0.05) is 5.92 Å². The summed E-state index contributed by atoms with van der Waals surface area (Å²) in [6, 6.07) is 0. The first kappa shape index (κ1) is 15.8. The van der Waals surface area contributed by atoms with Crippen LogP contribution in [-0.2, 0) is 20.2 Å². The number of rotatable bonds is 6. The van der Waals surface area contributed by atoms with Gasteiger partial charge < -0.3 is 5.11 Å². The normalized spacial score (nSPS) is 19.1. The Morgan fingerprint density at radius 2 is 1.50 bits per heavy atom. The zero-order valence-electron chi connectivity index (χ0n) is 8.94. The van der Waals surface area contributed by atoms with E-state index in [2.05, 4.69) is 0 Å². The molecule has 0 fully saturated rings. The fourth-order valence-electron chi connectivity index (χ4n) is 1.38. The van der Waals surface area contributed by atoms with Crippen LogP contribution in [0.3, 0.4) is 0 Å². The van der Waals surface area contributed by atoms with E-state index in [4.69, 9.17) is 9.11 Å². The average Bonchev–Trinajstić information content (AvgIpc) is 2.09. The van der Waals surface area contributed by atoms with Gasteiger partial charge in [0.2, 0.25) is 0 Å². The molecule has 0 aromatic heterocycles. The fraction of sp³-hybridized carbons (Fsp3) is 1.00. The summed E-state index contributed by atoms with van der Waals surface area (Å²) in [5, 5.41) is 7.83. The van der Waals surface area contributed by atoms with Gasteiger partial charge in [-0.3, -0.25) is 9.11 Å². The predicted octanol–water partition coefficient (Wildman–Crippen LogP) is -0.115. The van der Waals surface area contributed by atoms with Crippen molar-refractivity contribution in [1.29, 1.82) is 0 Å². The van der Waals surface area contributed by atoms with Crippen molar-refractivity contribution in [3.63, 3.8) is 0 Å². The molecule has 0 saturated carbocycles. The molecule has 0 amide bonds. The zero-order valence-corrected chi connectivity index (χ0v) is 10.6. The molecular formula is C7H16O7S2. The van der Waals surface area contributed by atoms with Gasteiger partial charge in [-0.05, 0) is 13.3 Å². The molecule has 3 N–H and O–H groups in total. The van der Waals surface area contributed by atoms with Crippen LogP contribution in [0.4, 0.5) is 0 Å². The lowest BCUT2D eigenvalue weighted by molar-refractivity contribution is 0.157. The second kappa shape index (κ2) is 5.41. The van der Waals surface area contributed by atoms with Crippen LogP contribution in [0.5, 0.6) is 0 Å². The second-order valence-electron chi connectivity index (χ2n) is 3.58. The van der Waals surface area contributed by atoms with Crippen LogP contribution in [0.1, 0.15) is 26.7 Å². The largest absolute Gasteiger partial charge is 0.375 e. The van der Waals surface area contributed by atoms with E-state index in [9.17, 15) is 21.9 Å². The van der Waals surface area contributed by atoms with E-state index in [-0.39, 0.29) is 6.42 Å². The number of aliphatic hydroxyl groups is 1. The second-order valence-corrected chi connectivity index (χ2v) is 6.86. The van der Waals surface area contributed by atoms with Gasteiger partial charge in [-0.25, -0.2) is 0 Å². The lowest BCUT2D eigenvalue weighted by Gasteiger charge is -2.24. The molecule has 3 atom stereocenters. The highest BCUT2D eigenvalue weighted by molar-refractivity contribution is 7.87. The maximum atomic E-state index is 10.8.